The van der Waals surface area contributed by atoms with E-state index in [1.54, 1.807) is 17.7 Å². The maximum Gasteiger partial charge on any atom is 0.234 e. The molecule has 2 aromatic heterocycles. The maximum atomic E-state index is 6.03. The summed E-state index contributed by atoms with van der Waals surface area (Å²) in [5.41, 5.74) is 0. The highest BCUT2D eigenvalue weighted by Crippen LogP contribution is 2.25. The van der Waals surface area contributed by atoms with Crippen LogP contribution in [0.1, 0.15) is 10.8 Å². The highest BCUT2D eigenvalue weighted by atomic mass is 35.5. The molecular formula is C12H11ClN4O2S. The third-order valence-electron chi connectivity index (χ3n) is 2.56. The number of para-hydroxylation sites is 1. The lowest BCUT2D eigenvalue weighted by atomic mass is 10.3. The molecule has 3 rings (SSSR count). The first kappa shape index (κ1) is 13.3. The van der Waals surface area contributed by atoms with Gasteiger partial charge in [-0.25, -0.2) is 0 Å². The third kappa shape index (κ3) is 2.60. The van der Waals surface area contributed by atoms with Crippen molar-refractivity contribution in [1.29, 1.82) is 0 Å². The Balaban J connectivity index is 1.76. The average molecular weight is 311 g/mol. The minimum atomic E-state index is 0.337. The van der Waals surface area contributed by atoms with Crippen LogP contribution in [0.2, 0.25) is 5.02 Å². The number of hydrogen-bond donors (Lipinski definition) is 0. The summed E-state index contributed by atoms with van der Waals surface area (Å²) in [7, 11) is 1.61. The molecule has 0 fully saturated rings. The first-order chi connectivity index (χ1) is 9.78. The fourth-order valence-corrected chi connectivity index (χ4v) is 2.63. The zero-order valence-electron chi connectivity index (χ0n) is 10.6. The van der Waals surface area contributed by atoms with E-state index in [1.807, 2.05) is 18.2 Å². The Morgan fingerprint density at radius 1 is 1.25 bits per heavy atom. The van der Waals surface area contributed by atoms with E-state index in [1.165, 1.54) is 11.3 Å². The molecule has 0 spiro atoms. The van der Waals surface area contributed by atoms with Crippen molar-refractivity contribution in [2.45, 2.75) is 13.2 Å². The molecule has 104 valence electrons. The second-order valence-electron chi connectivity index (χ2n) is 3.96. The van der Waals surface area contributed by atoms with Crippen molar-refractivity contribution in [3.8, 4) is 5.75 Å². The third-order valence-corrected chi connectivity index (χ3v) is 3.74. The fourth-order valence-electron chi connectivity index (χ4n) is 1.68. The van der Waals surface area contributed by atoms with Crippen LogP contribution in [0.3, 0.4) is 0 Å². The lowest BCUT2D eigenvalue weighted by Gasteiger charge is -2.04. The number of methoxy groups -OCH3 is 1. The van der Waals surface area contributed by atoms with Gasteiger partial charge in [-0.05, 0) is 12.1 Å². The van der Waals surface area contributed by atoms with Gasteiger partial charge in [-0.2, -0.15) is 9.61 Å². The van der Waals surface area contributed by atoms with Gasteiger partial charge in [0.2, 0.25) is 4.96 Å². The second-order valence-corrected chi connectivity index (χ2v) is 5.41. The molecule has 0 unspecified atom stereocenters. The minimum Gasteiger partial charge on any atom is -0.485 e. The van der Waals surface area contributed by atoms with Gasteiger partial charge in [-0.3, -0.25) is 0 Å². The van der Waals surface area contributed by atoms with Crippen LogP contribution in [0.25, 0.3) is 4.96 Å². The summed E-state index contributed by atoms with van der Waals surface area (Å²) in [5.74, 6) is 1.31. The van der Waals surface area contributed by atoms with Gasteiger partial charge in [0.15, 0.2) is 10.8 Å². The standard InChI is InChI=1S/C12H11ClN4O2S/c1-18-6-10-14-15-12-17(10)16-11(20-12)7-19-9-5-3-2-4-8(9)13/h2-5H,6-7H2,1H3. The van der Waals surface area contributed by atoms with Gasteiger partial charge in [0.05, 0.1) is 5.02 Å². The van der Waals surface area contributed by atoms with Gasteiger partial charge in [-0.1, -0.05) is 35.1 Å². The van der Waals surface area contributed by atoms with Gasteiger partial charge in [0.25, 0.3) is 0 Å². The van der Waals surface area contributed by atoms with E-state index in [-0.39, 0.29) is 0 Å². The van der Waals surface area contributed by atoms with E-state index in [2.05, 4.69) is 15.3 Å². The predicted octanol–water partition coefficient (Wildman–Crippen LogP) is 2.56. The first-order valence-corrected chi connectivity index (χ1v) is 7.03. The van der Waals surface area contributed by atoms with Crippen LogP contribution in [0.5, 0.6) is 5.75 Å². The van der Waals surface area contributed by atoms with E-state index in [4.69, 9.17) is 21.1 Å². The number of ether oxygens (including phenoxy) is 2. The van der Waals surface area contributed by atoms with E-state index in [0.717, 1.165) is 9.97 Å². The molecule has 0 saturated carbocycles. The summed E-state index contributed by atoms with van der Waals surface area (Å²) < 4.78 is 12.4. The summed E-state index contributed by atoms with van der Waals surface area (Å²) in [4.78, 5) is 0.717. The Bertz CT molecular complexity index is 727. The summed E-state index contributed by atoms with van der Waals surface area (Å²) >= 11 is 7.45. The Morgan fingerprint density at radius 3 is 2.90 bits per heavy atom. The van der Waals surface area contributed by atoms with Gasteiger partial charge in [0.1, 0.15) is 19.0 Å². The second kappa shape index (κ2) is 5.74. The lowest BCUT2D eigenvalue weighted by Crippen LogP contribution is -2.00. The molecule has 3 aromatic rings. The van der Waals surface area contributed by atoms with Crippen molar-refractivity contribution in [1.82, 2.24) is 19.8 Å². The van der Waals surface area contributed by atoms with Crippen LogP contribution in [0.4, 0.5) is 0 Å². The Kier molecular flexibility index (Phi) is 3.81. The van der Waals surface area contributed by atoms with Crippen molar-refractivity contribution < 1.29 is 9.47 Å². The number of aromatic nitrogens is 4. The van der Waals surface area contributed by atoms with Crippen LogP contribution in [0, 0.1) is 0 Å². The summed E-state index contributed by atoms with van der Waals surface area (Å²) in [6.45, 7) is 0.708. The smallest absolute Gasteiger partial charge is 0.234 e. The summed E-state index contributed by atoms with van der Waals surface area (Å²) in [6, 6.07) is 7.33. The quantitative estimate of drug-likeness (QED) is 0.725. The normalized spacial score (nSPS) is 11.1. The minimum absolute atomic E-state index is 0.337. The van der Waals surface area contributed by atoms with Crippen LogP contribution in [-0.4, -0.2) is 26.9 Å². The number of fused-ring (bicyclic) bond motifs is 1. The van der Waals surface area contributed by atoms with Gasteiger partial charge in [-0.15, -0.1) is 10.2 Å². The van der Waals surface area contributed by atoms with E-state index in [0.29, 0.717) is 29.8 Å². The Morgan fingerprint density at radius 2 is 2.10 bits per heavy atom. The molecule has 0 saturated heterocycles. The zero-order valence-corrected chi connectivity index (χ0v) is 12.2. The highest BCUT2D eigenvalue weighted by Gasteiger charge is 2.12. The molecule has 0 aliphatic rings. The Labute approximate surface area is 123 Å². The van der Waals surface area contributed by atoms with Gasteiger partial charge in [0, 0.05) is 7.11 Å². The molecule has 20 heavy (non-hydrogen) atoms. The van der Waals surface area contributed by atoms with Crippen LogP contribution in [-0.2, 0) is 18.0 Å². The van der Waals surface area contributed by atoms with Gasteiger partial charge >= 0.3 is 0 Å². The average Bonchev–Trinajstić information content (AvgIpc) is 3.00. The fraction of sp³-hybridized carbons (Fsp3) is 0.250. The van der Waals surface area contributed by atoms with Crippen LogP contribution < -0.4 is 4.74 Å². The molecule has 0 N–H and O–H groups in total. The summed E-state index contributed by atoms with van der Waals surface area (Å²) in [5, 5.41) is 13.8. The zero-order chi connectivity index (χ0) is 13.9. The number of nitrogens with zero attached hydrogens (tertiary/aromatic N) is 4. The van der Waals surface area contributed by atoms with Crippen molar-refractivity contribution in [3.05, 3.63) is 40.1 Å². The lowest BCUT2D eigenvalue weighted by molar-refractivity contribution is 0.176. The van der Waals surface area contributed by atoms with Crippen LogP contribution >= 0.6 is 22.9 Å². The molecule has 0 radical (unpaired) electrons. The largest absolute Gasteiger partial charge is 0.485 e. The first-order valence-electron chi connectivity index (χ1n) is 5.84. The topological polar surface area (TPSA) is 61.5 Å². The Hall–Kier alpha value is -1.70. The molecular weight excluding hydrogens is 300 g/mol. The van der Waals surface area contributed by atoms with Crippen molar-refractivity contribution in [2.24, 2.45) is 0 Å². The van der Waals surface area contributed by atoms with Crippen molar-refractivity contribution in [3.63, 3.8) is 0 Å². The van der Waals surface area contributed by atoms with E-state index >= 15 is 0 Å². The molecule has 6 nitrogen and oxygen atoms in total. The monoisotopic (exact) mass is 310 g/mol. The molecule has 0 aliphatic heterocycles. The van der Waals surface area contributed by atoms with Crippen molar-refractivity contribution >= 4 is 27.9 Å². The van der Waals surface area contributed by atoms with E-state index < -0.39 is 0 Å². The molecule has 1 aromatic carbocycles. The molecule has 0 amide bonds. The molecule has 0 bridgehead atoms. The number of hydrogen-bond acceptors (Lipinski definition) is 6. The molecule has 8 heteroatoms. The predicted molar refractivity (Wildman–Crippen MR) is 75.2 cm³/mol. The highest BCUT2D eigenvalue weighted by molar-refractivity contribution is 7.16. The molecule has 2 heterocycles. The van der Waals surface area contributed by atoms with Crippen molar-refractivity contribution in [2.75, 3.05) is 7.11 Å². The maximum absolute atomic E-state index is 6.03. The van der Waals surface area contributed by atoms with Gasteiger partial charge < -0.3 is 9.47 Å². The number of rotatable bonds is 5. The molecule has 0 aliphatic carbocycles. The summed E-state index contributed by atoms with van der Waals surface area (Å²) in [6.07, 6.45) is 0. The molecule has 0 atom stereocenters. The number of halogens is 1. The van der Waals surface area contributed by atoms with E-state index in [9.17, 15) is 0 Å². The van der Waals surface area contributed by atoms with Crippen LogP contribution in [0.15, 0.2) is 24.3 Å². The SMILES string of the molecule is COCc1nnc2sc(COc3ccccc3Cl)nn12. The number of benzene rings is 1.